The summed E-state index contributed by atoms with van der Waals surface area (Å²) in [7, 11) is 0. The van der Waals surface area contributed by atoms with E-state index in [0.717, 1.165) is 12.2 Å². The first kappa shape index (κ1) is 9.46. The van der Waals surface area contributed by atoms with Crippen molar-refractivity contribution in [1.82, 2.24) is 9.88 Å². The molecule has 0 atom stereocenters. The molecule has 0 aliphatic carbocycles. The van der Waals surface area contributed by atoms with Gasteiger partial charge in [-0.05, 0) is 37.6 Å². The van der Waals surface area contributed by atoms with Crippen molar-refractivity contribution in [2.24, 2.45) is 0 Å². The monoisotopic (exact) mass is 192 g/mol. The Bertz CT molecular complexity index is 324. The quantitative estimate of drug-likeness (QED) is 0.741. The van der Waals surface area contributed by atoms with Crippen LogP contribution in [0.15, 0.2) is 12.3 Å². The molecule has 2 rings (SSSR count). The molecule has 1 N–H and O–H groups in total. The maximum Gasteiger partial charge on any atom is 0.175 e. The SMILES string of the molecule is CC(=O)c1cc(CN2CCCC2)c[nH]1. The molecular weight excluding hydrogens is 176 g/mol. The Labute approximate surface area is 84.1 Å². The maximum atomic E-state index is 11.1. The molecule has 0 radical (unpaired) electrons. The van der Waals surface area contributed by atoms with Crippen LogP contribution in [0.1, 0.15) is 35.8 Å². The Balaban J connectivity index is 1.98. The van der Waals surface area contributed by atoms with E-state index in [0.29, 0.717) is 0 Å². The van der Waals surface area contributed by atoms with Crippen molar-refractivity contribution >= 4 is 5.78 Å². The van der Waals surface area contributed by atoms with E-state index >= 15 is 0 Å². The summed E-state index contributed by atoms with van der Waals surface area (Å²) in [6.07, 6.45) is 4.56. The third-order valence-corrected chi connectivity index (χ3v) is 2.73. The van der Waals surface area contributed by atoms with Crippen molar-refractivity contribution in [3.05, 3.63) is 23.5 Å². The van der Waals surface area contributed by atoms with E-state index in [9.17, 15) is 4.79 Å². The summed E-state index contributed by atoms with van der Waals surface area (Å²) in [6, 6.07) is 1.96. The van der Waals surface area contributed by atoms with Gasteiger partial charge in [0.05, 0.1) is 5.69 Å². The number of hydrogen-bond acceptors (Lipinski definition) is 2. The molecule has 76 valence electrons. The van der Waals surface area contributed by atoms with Crippen LogP contribution in [-0.2, 0) is 6.54 Å². The summed E-state index contributed by atoms with van der Waals surface area (Å²) in [5.41, 5.74) is 1.94. The van der Waals surface area contributed by atoms with Gasteiger partial charge in [0.25, 0.3) is 0 Å². The van der Waals surface area contributed by atoms with Crippen LogP contribution in [-0.4, -0.2) is 28.8 Å². The number of nitrogens with one attached hydrogen (secondary N) is 1. The molecule has 1 fully saturated rings. The van der Waals surface area contributed by atoms with Crippen LogP contribution >= 0.6 is 0 Å². The summed E-state index contributed by atoms with van der Waals surface area (Å²) in [4.78, 5) is 16.5. The van der Waals surface area contributed by atoms with Gasteiger partial charge in [0.1, 0.15) is 0 Å². The van der Waals surface area contributed by atoms with Crippen LogP contribution < -0.4 is 0 Å². The molecule has 1 aliphatic rings. The second kappa shape index (κ2) is 3.96. The smallest absolute Gasteiger partial charge is 0.175 e. The normalized spacial score (nSPS) is 17.5. The minimum atomic E-state index is 0.109. The molecule has 0 bridgehead atoms. The molecule has 2 heterocycles. The molecule has 3 nitrogen and oxygen atoms in total. The fourth-order valence-electron chi connectivity index (χ4n) is 1.93. The minimum Gasteiger partial charge on any atom is -0.358 e. The van der Waals surface area contributed by atoms with Crippen LogP contribution in [0.25, 0.3) is 0 Å². The number of Topliss-reactive ketones (excluding diaryl/α,β-unsaturated/α-hetero) is 1. The topological polar surface area (TPSA) is 36.1 Å². The first-order valence-electron chi connectivity index (χ1n) is 5.16. The van der Waals surface area contributed by atoms with Gasteiger partial charge >= 0.3 is 0 Å². The third kappa shape index (κ3) is 2.04. The summed E-state index contributed by atoms with van der Waals surface area (Å²) in [5.74, 6) is 0.109. The van der Waals surface area contributed by atoms with Gasteiger partial charge < -0.3 is 4.98 Å². The van der Waals surface area contributed by atoms with Crippen molar-refractivity contribution in [2.45, 2.75) is 26.3 Å². The molecule has 1 saturated heterocycles. The van der Waals surface area contributed by atoms with Crippen LogP contribution in [0, 0.1) is 0 Å². The predicted octanol–water partition coefficient (Wildman–Crippen LogP) is 1.81. The Morgan fingerprint density at radius 3 is 2.79 bits per heavy atom. The van der Waals surface area contributed by atoms with Gasteiger partial charge in [-0.3, -0.25) is 9.69 Å². The lowest BCUT2D eigenvalue weighted by molar-refractivity contribution is 0.101. The number of likely N-dealkylation sites (tertiary alicyclic amines) is 1. The number of ketones is 1. The number of nitrogens with zero attached hydrogens (tertiary/aromatic N) is 1. The lowest BCUT2D eigenvalue weighted by Gasteiger charge is -2.12. The van der Waals surface area contributed by atoms with Gasteiger partial charge in [0.2, 0.25) is 0 Å². The fraction of sp³-hybridized carbons (Fsp3) is 0.545. The van der Waals surface area contributed by atoms with Gasteiger partial charge in [-0.2, -0.15) is 0 Å². The number of H-pyrrole nitrogens is 1. The molecular formula is C11H16N2O. The molecule has 0 amide bonds. The fourth-order valence-corrected chi connectivity index (χ4v) is 1.93. The van der Waals surface area contributed by atoms with E-state index in [2.05, 4.69) is 9.88 Å². The first-order valence-corrected chi connectivity index (χ1v) is 5.16. The van der Waals surface area contributed by atoms with Crippen LogP contribution in [0.4, 0.5) is 0 Å². The highest BCUT2D eigenvalue weighted by Gasteiger charge is 2.12. The van der Waals surface area contributed by atoms with Gasteiger partial charge in [-0.15, -0.1) is 0 Å². The summed E-state index contributed by atoms with van der Waals surface area (Å²) in [6.45, 7) is 4.95. The standard InChI is InChI=1S/C11H16N2O/c1-9(14)11-6-10(7-12-11)8-13-4-2-3-5-13/h6-7,12H,2-5,8H2,1H3. The zero-order valence-corrected chi connectivity index (χ0v) is 8.55. The van der Waals surface area contributed by atoms with Crippen molar-refractivity contribution in [2.75, 3.05) is 13.1 Å². The van der Waals surface area contributed by atoms with Crippen LogP contribution in [0.3, 0.4) is 0 Å². The maximum absolute atomic E-state index is 11.1. The lowest BCUT2D eigenvalue weighted by atomic mass is 10.2. The Kier molecular flexibility index (Phi) is 2.68. The number of carbonyl (C=O) groups excluding carboxylic acids is 1. The molecule has 0 aromatic carbocycles. The van der Waals surface area contributed by atoms with E-state index in [1.165, 1.54) is 31.5 Å². The van der Waals surface area contributed by atoms with Gasteiger partial charge in [-0.1, -0.05) is 0 Å². The van der Waals surface area contributed by atoms with E-state index in [4.69, 9.17) is 0 Å². The van der Waals surface area contributed by atoms with E-state index in [1.807, 2.05) is 12.3 Å². The van der Waals surface area contributed by atoms with Gasteiger partial charge in [0, 0.05) is 19.7 Å². The van der Waals surface area contributed by atoms with Crippen molar-refractivity contribution in [3.8, 4) is 0 Å². The van der Waals surface area contributed by atoms with Crippen molar-refractivity contribution in [1.29, 1.82) is 0 Å². The second-order valence-electron chi connectivity index (χ2n) is 3.96. The summed E-state index contributed by atoms with van der Waals surface area (Å²) >= 11 is 0. The molecule has 1 aliphatic heterocycles. The first-order chi connectivity index (χ1) is 6.75. The Hall–Kier alpha value is -1.09. The number of rotatable bonds is 3. The van der Waals surface area contributed by atoms with Gasteiger partial charge in [-0.25, -0.2) is 0 Å². The summed E-state index contributed by atoms with van der Waals surface area (Å²) in [5, 5.41) is 0. The van der Waals surface area contributed by atoms with Crippen molar-refractivity contribution < 1.29 is 4.79 Å². The zero-order chi connectivity index (χ0) is 9.97. The number of aromatic nitrogens is 1. The van der Waals surface area contributed by atoms with Crippen LogP contribution in [0.5, 0.6) is 0 Å². The highest BCUT2D eigenvalue weighted by molar-refractivity contribution is 5.92. The van der Waals surface area contributed by atoms with Crippen molar-refractivity contribution in [3.63, 3.8) is 0 Å². The predicted molar refractivity (Wildman–Crippen MR) is 55.3 cm³/mol. The van der Waals surface area contributed by atoms with E-state index < -0.39 is 0 Å². The molecule has 3 heteroatoms. The minimum absolute atomic E-state index is 0.109. The van der Waals surface area contributed by atoms with E-state index in [-0.39, 0.29) is 5.78 Å². The molecule has 0 saturated carbocycles. The molecule has 1 aromatic rings. The van der Waals surface area contributed by atoms with E-state index in [1.54, 1.807) is 6.92 Å². The average molecular weight is 192 g/mol. The molecule has 14 heavy (non-hydrogen) atoms. The largest absolute Gasteiger partial charge is 0.358 e. The van der Waals surface area contributed by atoms with Gasteiger partial charge in [0.15, 0.2) is 5.78 Å². The Morgan fingerprint density at radius 1 is 1.50 bits per heavy atom. The van der Waals surface area contributed by atoms with Crippen LogP contribution in [0.2, 0.25) is 0 Å². The zero-order valence-electron chi connectivity index (χ0n) is 8.55. The Morgan fingerprint density at radius 2 is 2.21 bits per heavy atom. The lowest BCUT2D eigenvalue weighted by Crippen LogP contribution is -2.17. The average Bonchev–Trinajstić information content (AvgIpc) is 2.75. The highest BCUT2D eigenvalue weighted by atomic mass is 16.1. The third-order valence-electron chi connectivity index (χ3n) is 2.73. The number of hydrogen-bond donors (Lipinski definition) is 1. The summed E-state index contributed by atoms with van der Waals surface area (Å²) < 4.78 is 0. The second-order valence-corrected chi connectivity index (χ2v) is 3.96. The molecule has 1 aromatic heterocycles. The molecule has 0 unspecified atom stereocenters. The number of aromatic amines is 1. The highest BCUT2D eigenvalue weighted by Crippen LogP contribution is 2.13. The molecule has 0 spiro atoms. The number of carbonyl (C=O) groups is 1.